The van der Waals surface area contributed by atoms with Crippen molar-refractivity contribution in [2.75, 3.05) is 53.6 Å². The minimum Gasteiger partial charge on any atom is -0.487 e. The summed E-state index contributed by atoms with van der Waals surface area (Å²) >= 11 is 0. The molecule has 180 valence electrons. The molecule has 0 bridgehead atoms. The lowest BCUT2D eigenvalue weighted by Crippen LogP contribution is -2.50. The average Bonchev–Trinajstić information content (AvgIpc) is 2.68. The summed E-state index contributed by atoms with van der Waals surface area (Å²) in [5.74, 6) is 5.78. The molecule has 0 fully saturated rings. The number of fused-ring (bicyclic) bond motifs is 1. The summed E-state index contributed by atoms with van der Waals surface area (Å²) in [5, 5.41) is 9.67. The van der Waals surface area contributed by atoms with Crippen molar-refractivity contribution in [1.29, 1.82) is 0 Å². The predicted octanol–water partition coefficient (Wildman–Crippen LogP) is 0.260. The van der Waals surface area contributed by atoms with Crippen LogP contribution in [0.1, 0.15) is 19.4 Å². The molecular formula is C21H33N3O6S2. The summed E-state index contributed by atoms with van der Waals surface area (Å²) in [5.41, 5.74) is 0.589. The molecule has 1 aliphatic heterocycles. The molecular weight excluding hydrogens is 454 g/mol. The van der Waals surface area contributed by atoms with E-state index in [9.17, 15) is 21.9 Å². The summed E-state index contributed by atoms with van der Waals surface area (Å²) < 4.78 is 59.3. The summed E-state index contributed by atoms with van der Waals surface area (Å²) in [6, 6.07) is 3.99. The van der Waals surface area contributed by atoms with E-state index in [0.717, 1.165) is 6.26 Å². The molecule has 0 aromatic heterocycles. The van der Waals surface area contributed by atoms with E-state index < -0.39 is 32.2 Å². The molecule has 0 amide bonds. The number of aliphatic hydroxyl groups is 1. The van der Waals surface area contributed by atoms with Gasteiger partial charge in [0.1, 0.15) is 16.7 Å². The van der Waals surface area contributed by atoms with Crippen LogP contribution in [0.5, 0.6) is 5.75 Å². The van der Waals surface area contributed by atoms with E-state index in [0.29, 0.717) is 12.1 Å². The number of hydrogen-bond acceptors (Lipinski definition) is 7. The Kier molecular flexibility index (Phi) is 8.72. The third-order valence-electron chi connectivity index (χ3n) is 5.30. The Labute approximate surface area is 192 Å². The molecule has 0 spiro atoms. The van der Waals surface area contributed by atoms with Gasteiger partial charge in [0.05, 0.1) is 26.0 Å². The number of aliphatic hydroxyl groups excluding tert-OH is 1. The van der Waals surface area contributed by atoms with Gasteiger partial charge in [-0.1, -0.05) is 18.8 Å². The van der Waals surface area contributed by atoms with Crippen molar-refractivity contribution in [2.24, 2.45) is 5.92 Å². The van der Waals surface area contributed by atoms with Gasteiger partial charge in [0, 0.05) is 31.1 Å². The fourth-order valence-electron chi connectivity index (χ4n) is 3.21. The monoisotopic (exact) mass is 487 g/mol. The van der Waals surface area contributed by atoms with E-state index in [-0.39, 0.29) is 36.3 Å². The fourth-order valence-corrected chi connectivity index (χ4v) is 5.45. The van der Waals surface area contributed by atoms with Gasteiger partial charge in [-0.3, -0.25) is 4.90 Å². The van der Waals surface area contributed by atoms with E-state index in [1.807, 2.05) is 19.0 Å². The maximum atomic E-state index is 13.4. The number of benzene rings is 1. The lowest BCUT2D eigenvalue weighted by atomic mass is 10.0. The van der Waals surface area contributed by atoms with Gasteiger partial charge >= 0.3 is 0 Å². The first-order valence-corrected chi connectivity index (χ1v) is 13.5. The molecule has 0 unspecified atom stereocenters. The number of ether oxygens (including phenoxy) is 1. The number of likely N-dealkylation sites (N-methyl/N-ethyl adjacent to an activating group) is 1. The Morgan fingerprint density at radius 1 is 1.31 bits per heavy atom. The zero-order chi connectivity index (χ0) is 24.3. The lowest BCUT2D eigenvalue weighted by molar-refractivity contribution is 0.0905. The number of hydrogen-bond donors (Lipinski definition) is 1. The quantitative estimate of drug-likeness (QED) is 0.574. The highest BCUT2D eigenvalue weighted by molar-refractivity contribution is 7.89. The van der Waals surface area contributed by atoms with Crippen molar-refractivity contribution in [1.82, 2.24) is 13.5 Å². The largest absolute Gasteiger partial charge is 0.487 e. The van der Waals surface area contributed by atoms with Crippen LogP contribution in [0, 0.1) is 17.8 Å². The van der Waals surface area contributed by atoms with Crippen molar-refractivity contribution in [3.05, 3.63) is 23.8 Å². The Hall–Kier alpha value is -1.68. The van der Waals surface area contributed by atoms with Crippen LogP contribution in [0.2, 0.25) is 0 Å². The van der Waals surface area contributed by atoms with Crippen LogP contribution in [0.3, 0.4) is 0 Å². The maximum absolute atomic E-state index is 13.4. The molecule has 2 rings (SSSR count). The van der Waals surface area contributed by atoms with Crippen LogP contribution in [0.25, 0.3) is 0 Å². The molecule has 1 aliphatic rings. The third-order valence-corrected chi connectivity index (χ3v) is 8.60. The van der Waals surface area contributed by atoms with Crippen LogP contribution in [-0.2, 0) is 20.0 Å². The maximum Gasteiger partial charge on any atom is 0.247 e. The van der Waals surface area contributed by atoms with Crippen LogP contribution in [0.4, 0.5) is 0 Å². The van der Waals surface area contributed by atoms with Crippen LogP contribution in [-0.4, -0.2) is 101 Å². The second-order valence-electron chi connectivity index (χ2n) is 8.48. The normalized spacial score (nSPS) is 22.3. The number of sulfonamides is 2. The summed E-state index contributed by atoms with van der Waals surface area (Å²) in [4.78, 5) is 1.88. The summed E-state index contributed by atoms with van der Waals surface area (Å²) in [7, 11) is -2.17. The smallest absolute Gasteiger partial charge is 0.247 e. The SMILES string of the molecule is C[C@H]1CN([C@@H](C)CO)S(=O)(=O)c2ccc(C#CCN(C)C)cc2O[C@H]1CN(C)S(C)(=O)=O. The molecule has 0 saturated heterocycles. The topological polar surface area (TPSA) is 107 Å². The first-order valence-electron chi connectivity index (χ1n) is 10.3. The van der Waals surface area contributed by atoms with Crippen molar-refractivity contribution < 1.29 is 26.7 Å². The van der Waals surface area contributed by atoms with E-state index >= 15 is 0 Å². The van der Waals surface area contributed by atoms with Gasteiger partial charge in [-0.15, -0.1) is 0 Å². The Morgan fingerprint density at radius 3 is 2.53 bits per heavy atom. The van der Waals surface area contributed by atoms with Gasteiger partial charge in [-0.05, 0) is 39.2 Å². The highest BCUT2D eigenvalue weighted by Gasteiger charge is 2.38. The molecule has 11 heteroatoms. The molecule has 9 nitrogen and oxygen atoms in total. The molecule has 0 radical (unpaired) electrons. The molecule has 1 heterocycles. The lowest BCUT2D eigenvalue weighted by Gasteiger charge is -2.37. The van der Waals surface area contributed by atoms with Gasteiger partial charge in [0.2, 0.25) is 20.0 Å². The minimum absolute atomic E-state index is 0.0325. The van der Waals surface area contributed by atoms with Crippen molar-refractivity contribution in [3.63, 3.8) is 0 Å². The Morgan fingerprint density at radius 2 is 1.97 bits per heavy atom. The summed E-state index contributed by atoms with van der Waals surface area (Å²) in [6.07, 6.45) is 0.500. The van der Waals surface area contributed by atoms with Crippen LogP contribution >= 0.6 is 0 Å². The highest BCUT2D eigenvalue weighted by Crippen LogP contribution is 2.34. The van der Waals surface area contributed by atoms with Gasteiger partial charge < -0.3 is 9.84 Å². The molecule has 1 aromatic rings. The predicted molar refractivity (Wildman–Crippen MR) is 123 cm³/mol. The van der Waals surface area contributed by atoms with E-state index in [1.54, 1.807) is 26.0 Å². The summed E-state index contributed by atoms with van der Waals surface area (Å²) in [6.45, 7) is 3.76. The fraction of sp³-hybridized carbons (Fsp3) is 0.619. The van der Waals surface area contributed by atoms with Crippen LogP contribution < -0.4 is 4.74 Å². The molecule has 0 aliphatic carbocycles. The van der Waals surface area contributed by atoms with Gasteiger partial charge in [-0.25, -0.2) is 21.1 Å². The van der Waals surface area contributed by atoms with E-state index in [4.69, 9.17) is 4.74 Å². The highest BCUT2D eigenvalue weighted by atomic mass is 32.2. The zero-order valence-electron chi connectivity index (χ0n) is 19.4. The Bertz CT molecular complexity index is 1080. The van der Waals surface area contributed by atoms with Crippen molar-refractivity contribution in [2.45, 2.75) is 30.9 Å². The van der Waals surface area contributed by atoms with Gasteiger partial charge in [-0.2, -0.15) is 4.31 Å². The molecule has 0 saturated carbocycles. The Balaban J connectivity index is 2.59. The number of nitrogens with zero attached hydrogens (tertiary/aromatic N) is 3. The number of rotatable bonds is 6. The zero-order valence-corrected chi connectivity index (χ0v) is 21.1. The standard InChI is InChI=1S/C21H33N3O6S2/c1-16-13-24(17(2)15-25)32(28,29)21-10-9-18(8-7-11-22(3)4)12-19(21)30-20(16)14-23(5)31(6,26)27/h9-10,12,16-17,20,25H,11,13-15H2,1-6H3/t16-,17-,20-/m0/s1. The average molecular weight is 488 g/mol. The van der Waals surface area contributed by atoms with Gasteiger partial charge in [0.15, 0.2) is 0 Å². The second-order valence-corrected chi connectivity index (χ2v) is 12.4. The van der Waals surface area contributed by atoms with Crippen LogP contribution in [0.15, 0.2) is 23.1 Å². The molecule has 3 atom stereocenters. The molecule has 32 heavy (non-hydrogen) atoms. The minimum atomic E-state index is -3.96. The third kappa shape index (κ3) is 6.43. The van der Waals surface area contributed by atoms with Gasteiger partial charge in [0.25, 0.3) is 0 Å². The van der Waals surface area contributed by atoms with E-state index in [2.05, 4.69) is 11.8 Å². The van der Waals surface area contributed by atoms with Crippen molar-refractivity contribution in [3.8, 4) is 17.6 Å². The van der Waals surface area contributed by atoms with E-state index in [1.165, 1.54) is 21.7 Å². The first-order chi connectivity index (χ1) is 14.8. The first kappa shape index (κ1) is 26.6. The second kappa shape index (κ2) is 10.5. The van der Waals surface area contributed by atoms with Crippen molar-refractivity contribution >= 4 is 20.0 Å². The molecule has 1 aromatic carbocycles. The molecule has 1 N–H and O–H groups in total.